The quantitative estimate of drug-likeness (QED) is 0.345. The van der Waals surface area contributed by atoms with Gasteiger partial charge in [-0.1, -0.05) is 79.1 Å². The van der Waals surface area contributed by atoms with E-state index in [1.165, 1.54) is 45.4 Å². The van der Waals surface area contributed by atoms with Crippen molar-refractivity contribution in [2.75, 3.05) is 0 Å². The molecule has 0 aromatic rings. The number of rotatable bonds is 13. The van der Waals surface area contributed by atoms with Crippen LogP contribution in [0.3, 0.4) is 0 Å². The Labute approximate surface area is 196 Å². The van der Waals surface area contributed by atoms with Gasteiger partial charge in [0.15, 0.2) is 22.8 Å². The van der Waals surface area contributed by atoms with E-state index in [1.54, 1.807) is 13.8 Å². The summed E-state index contributed by atoms with van der Waals surface area (Å²) in [5.41, 5.74) is -2.25. The maximum atomic E-state index is 13.0. The van der Waals surface area contributed by atoms with Crippen molar-refractivity contribution >= 4 is 11.6 Å². The number of hydrogen-bond acceptors (Lipinski definition) is 4. The molecule has 5 atom stereocenters. The van der Waals surface area contributed by atoms with E-state index in [-0.39, 0.29) is 11.9 Å². The molecule has 32 heavy (non-hydrogen) atoms. The van der Waals surface area contributed by atoms with Crippen molar-refractivity contribution in [3.8, 4) is 0 Å². The molecule has 0 amide bonds. The largest absolute Gasteiger partial charge is 0.374 e. The molecule has 1 N–H and O–H groups in total. The zero-order chi connectivity index (χ0) is 24.1. The first-order chi connectivity index (χ1) is 15.0. The van der Waals surface area contributed by atoms with E-state index in [0.717, 1.165) is 37.5 Å². The summed E-state index contributed by atoms with van der Waals surface area (Å²) in [5.74, 6) is 1.74. The van der Waals surface area contributed by atoms with E-state index < -0.39 is 17.0 Å². The van der Waals surface area contributed by atoms with Gasteiger partial charge in [0.1, 0.15) is 0 Å². The van der Waals surface area contributed by atoms with E-state index in [1.807, 2.05) is 0 Å². The number of carbonyl (C=O) groups excluding carboxylic acids is 2. The van der Waals surface area contributed by atoms with Crippen molar-refractivity contribution in [3.63, 3.8) is 0 Å². The molecule has 2 aliphatic rings. The lowest BCUT2D eigenvalue weighted by molar-refractivity contribution is -0.176. The fourth-order valence-corrected chi connectivity index (χ4v) is 5.84. The van der Waals surface area contributed by atoms with Crippen LogP contribution < -0.4 is 0 Å². The summed E-state index contributed by atoms with van der Waals surface area (Å²) >= 11 is 0. The van der Waals surface area contributed by atoms with Crippen molar-refractivity contribution in [2.24, 2.45) is 17.8 Å². The molecule has 1 aliphatic carbocycles. The molecule has 0 aromatic carbocycles. The molecule has 4 nitrogen and oxygen atoms in total. The summed E-state index contributed by atoms with van der Waals surface area (Å²) in [7, 11) is 0. The van der Waals surface area contributed by atoms with E-state index in [9.17, 15) is 14.7 Å². The summed E-state index contributed by atoms with van der Waals surface area (Å²) in [6.07, 6.45) is 12.2. The van der Waals surface area contributed by atoms with Gasteiger partial charge < -0.3 is 9.84 Å². The highest BCUT2D eigenvalue weighted by atomic mass is 16.5. The van der Waals surface area contributed by atoms with Crippen molar-refractivity contribution in [1.82, 2.24) is 0 Å². The molecular weight excluding hydrogens is 400 g/mol. The van der Waals surface area contributed by atoms with E-state index in [4.69, 9.17) is 4.74 Å². The van der Waals surface area contributed by atoms with Crippen LogP contribution in [-0.2, 0) is 14.3 Å². The number of ketones is 2. The van der Waals surface area contributed by atoms with Crippen LogP contribution in [0.15, 0.2) is 11.1 Å². The minimum atomic E-state index is -1.80. The Bertz CT molecular complexity index is 694. The van der Waals surface area contributed by atoms with Gasteiger partial charge in [-0.3, -0.25) is 9.59 Å². The predicted octanol–water partition coefficient (Wildman–Crippen LogP) is 6.58. The molecule has 2 rings (SSSR count). The fraction of sp³-hybridized carbons (Fsp3) is 0.857. The molecule has 0 bridgehead atoms. The molecule has 1 fully saturated rings. The average Bonchev–Trinajstić information content (AvgIpc) is 3.21. The summed E-state index contributed by atoms with van der Waals surface area (Å²) in [4.78, 5) is 25.3. The third-order valence-corrected chi connectivity index (χ3v) is 8.19. The highest BCUT2D eigenvalue weighted by Gasteiger charge is 2.67. The maximum absolute atomic E-state index is 13.0. The first-order valence-electron chi connectivity index (χ1n) is 13.1. The minimum absolute atomic E-state index is 0.0586. The Kier molecular flexibility index (Phi) is 9.72. The number of aliphatic hydroxyl groups is 1. The maximum Gasteiger partial charge on any atom is 0.194 e. The molecule has 184 valence electrons. The standard InChI is InChI=1S/C28H48O4/c1-19(2)11-8-12-20(3)13-9-14-21(4)15-10-16-25-17-18-27(32-25)26(30)22(5)23(6)28(27,31)24(7)29/h19-21,25,31H,8-18H2,1-7H3/t20-,21-,25+,27+,28-/m1/s1. The van der Waals surface area contributed by atoms with Gasteiger partial charge in [-0.05, 0) is 68.9 Å². The number of Topliss-reactive ketones (excluding diaryl/α,β-unsaturated/α-hetero) is 2. The van der Waals surface area contributed by atoms with Gasteiger partial charge in [0.25, 0.3) is 0 Å². The Morgan fingerprint density at radius 2 is 1.53 bits per heavy atom. The normalized spacial score (nSPS) is 30.0. The second kappa shape index (κ2) is 11.4. The molecule has 0 saturated carbocycles. The second-order valence-corrected chi connectivity index (χ2v) is 11.3. The van der Waals surface area contributed by atoms with Crippen LogP contribution in [0.5, 0.6) is 0 Å². The first kappa shape index (κ1) is 27.2. The van der Waals surface area contributed by atoms with Gasteiger partial charge in [0.2, 0.25) is 0 Å². The average molecular weight is 449 g/mol. The van der Waals surface area contributed by atoms with Gasteiger partial charge in [-0.2, -0.15) is 0 Å². The minimum Gasteiger partial charge on any atom is -0.374 e. The number of carbonyl (C=O) groups is 2. The predicted molar refractivity (Wildman–Crippen MR) is 131 cm³/mol. The lowest BCUT2D eigenvalue weighted by Gasteiger charge is -2.37. The summed E-state index contributed by atoms with van der Waals surface area (Å²) in [5, 5.41) is 11.2. The van der Waals surface area contributed by atoms with Crippen LogP contribution in [0.2, 0.25) is 0 Å². The molecule has 0 unspecified atom stereocenters. The van der Waals surface area contributed by atoms with Crippen LogP contribution >= 0.6 is 0 Å². The highest BCUT2D eigenvalue weighted by Crippen LogP contribution is 2.51. The van der Waals surface area contributed by atoms with Crippen molar-refractivity contribution in [1.29, 1.82) is 0 Å². The van der Waals surface area contributed by atoms with Crippen LogP contribution in [0, 0.1) is 17.8 Å². The van der Waals surface area contributed by atoms with Crippen molar-refractivity contribution in [2.45, 2.75) is 136 Å². The SMILES string of the molecule is CC(=O)[C@]1(O)C(C)=C(C)C(=O)[C@@]12CC[C@H](CCC[C@H](C)CCC[C@H](C)CCCC(C)C)O2. The Balaban J connectivity index is 1.73. The smallest absolute Gasteiger partial charge is 0.194 e. The van der Waals surface area contributed by atoms with Gasteiger partial charge in [-0.15, -0.1) is 0 Å². The lowest BCUT2D eigenvalue weighted by Crippen LogP contribution is -2.60. The molecular formula is C28H48O4. The van der Waals surface area contributed by atoms with Gasteiger partial charge >= 0.3 is 0 Å². The zero-order valence-corrected chi connectivity index (χ0v) is 21.8. The van der Waals surface area contributed by atoms with E-state index in [2.05, 4.69) is 27.7 Å². The molecule has 1 aliphatic heterocycles. The molecule has 0 aromatic heterocycles. The number of ether oxygens (including phenoxy) is 1. The van der Waals surface area contributed by atoms with Gasteiger partial charge in [0.05, 0.1) is 6.10 Å². The van der Waals surface area contributed by atoms with Crippen molar-refractivity contribution < 1.29 is 19.4 Å². The first-order valence-corrected chi connectivity index (χ1v) is 13.1. The highest BCUT2D eigenvalue weighted by molar-refractivity contribution is 6.13. The Hall–Kier alpha value is -1.00. The zero-order valence-electron chi connectivity index (χ0n) is 21.8. The topological polar surface area (TPSA) is 63.6 Å². The second-order valence-electron chi connectivity index (χ2n) is 11.3. The molecule has 1 saturated heterocycles. The third-order valence-electron chi connectivity index (χ3n) is 8.19. The third kappa shape index (κ3) is 5.73. The number of hydrogen-bond donors (Lipinski definition) is 1. The Morgan fingerprint density at radius 1 is 1.00 bits per heavy atom. The fourth-order valence-electron chi connectivity index (χ4n) is 5.84. The van der Waals surface area contributed by atoms with Gasteiger partial charge in [0, 0.05) is 0 Å². The van der Waals surface area contributed by atoms with E-state index >= 15 is 0 Å². The monoisotopic (exact) mass is 448 g/mol. The summed E-state index contributed by atoms with van der Waals surface area (Å²) < 4.78 is 6.23. The van der Waals surface area contributed by atoms with Gasteiger partial charge in [-0.25, -0.2) is 0 Å². The molecule has 1 heterocycles. The van der Waals surface area contributed by atoms with E-state index in [0.29, 0.717) is 23.5 Å². The van der Waals surface area contributed by atoms with Crippen LogP contribution in [0.4, 0.5) is 0 Å². The molecule has 1 spiro atoms. The summed E-state index contributed by atoms with van der Waals surface area (Å²) in [6.45, 7) is 14.1. The lowest BCUT2D eigenvalue weighted by atomic mass is 9.77. The van der Waals surface area contributed by atoms with Crippen LogP contribution in [0.25, 0.3) is 0 Å². The van der Waals surface area contributed by atoms with Crippen LogP contribution in [-0.4, -0.2) is 34.0 Å². The molecule has 4 heteroatoms. The summed E-state index contributed by atoms with van der Waals surface area (Å²) in [6, 6.07) is 0. The van der Waals surface area contributed by atoms with Crippen LogP contribution in [0.1, 0.15) is 119 Å². The molecule has 0 radical (unpaired) electrons. The van der Waals surface area contributed by atoms with Crippen molar-refractivity contribution in [3.05, 3.63) is 11.1 Å². The Morgan fingerprint density at radius 3 is 2.06 bits per heavy atom.